The van der Waals surface area contributed by atoms with E-state index in [0.29, 0.717) is 6.42 Å². The Hall–Kier alpha value is -0.790. The van der Waals surface area contributed by atoms with Gasteiger partial charge in [-0.2, -0.15) is 0 Å². The summed E-state index contributed by atoms with van der Waals surface area (Å²) in [5.74, 6) is -1.12. The Balaban J connectivity index is 3.82. The van der Waals surface area contributed by atoms with Gasteiger partial charge >= 0.3 is 0 Å². The van der Waals surface area contributed by atoms with Crippen LogP contribution in [0.3, 0.4) is 0 Å². The second-order valence-corrected chi connectivity index (χ2v) is 4.02. The Kier molecular flexibility index (Phi) is 7.17. The highest BCUT2D eigenvalue weighted by Crippen LogP contribution is 2.15. The molecule has 1 atom stereocenters. The molecule has 0 aliphatic heterocycles. The Labute approximate surface area is 87.0 Å². The average molecular weight is 197 g/mol. The zero-order valence-corrected chi connectivity index (χ0v) is 9.45. The van der Waals surface area contributed by atoms with Crippen LogP contribution in [0.4, 0.5) is 0 Å². The zero-order valence-electron chi connectivity index (χ0n) is 9.45. The number of unbranched alkanes of at least 4 members (excludes halogenated alkanes) is 2. The van der Waals surface area contributed by atoms with Gasteiger partial charge in [0, 0.05) is 11.9 Å². The van der Waals surface area contributed by atoms with Crippen LogP contribution in [0.2, 0.25) is 0 Å². The summed E-state index contributed by atoms with van der Waals surface area (Å²) >= 11 is 0. The van der Waals surface area contributed by atoms with Crippen molar-refractivity contribution in [2.45, 2.75) is 46.5 Å². The Morgan fingerprint density at radius 1 is 1.36 bits per heavy atom. The van der Waals surface area contributed by atoms with Gasteiger partial charge in [0.25, 0.3) is 0 Å². The van der Waals surface area contributed by atoms with Crippen LogP contribution < -0.4 is 5.11 Å². The van der Waals surface area contributed by atoms with Gasteiger partial charge < -0.3 is 9.90 Å². The van der Waals surface area contributed by atoms with Crippen molar-refractivity contribution in [1.29, 1.82) is 0 Å². The van der Waals surface area contributed by atoms with Gasteiger partial charge in [-0.25, -0.2) is 0 Å². The molecule has 2 nitrogen and oxygen atoms in total. The van der Waals surface area contributed by atoms with Crippen molar-refractivity contribution in [3.63, 3.8) is 0 Å². The molecule has 0 heterocycles. The molecule has 0 aliphatic rings. The molecule has 0 radical (unpaired) electrons. The molecule has 82 valence electrons. The van der Waals surface area contributed by atoms with E-state index in [4.69, 9.17) is 0 Å². The average Bonchev–Trinajstić information content (AvgIpc) is 2.09. The predicted molar refractivity (Wildman–Crippen MR) is 56.6 cm³/mol. The van der Waals surface area contributed by atoms with Crippen molar-refractivity contribution in [3.05, 3.63) is 12.2 Å². The van der Waals surface area contributed by atoms with Crippen LogP contribution in [0.5, 0.6) is 0 Å². The van der Waals surface area contributed by atoms with Crippen molar-refractivity contribution in [2.75, 3.05) is 0 Å². The van der Waals surface area contributed by atoms with E-state index in [1.165, 1.54) is 12.8 Å². The molecular weight excluding hydrogens is 176 g/mol. The van der Waals surface area contributed by atoms with Gasteiger partial charge in [-0.1, -0.05) is 45.8 Å². The highest BCUT2D eigenvalue weighted by Gasteiger charge is 2.11. The van der Waals surface area contributed by atoms with Crippen LogP contribution in [0.1, 0.15) is 46.5 Å². The number of hydrogen-bond acceptors (Lipinski definition) is 2. The molecule has 0 aromatic carbocycles. The molecule has 0 aliphatic carbocycles. The van der Waals surface area contributed by atoms with Crippen LogP contribution >= 0.6 is 0 Å². The van der Waals surface area contributed by atoms with Gasteiger partial charge in [-0.15, -0.1) is 0 Å². The fraction of sp³-hybridized carbons (Fsp3) is 0.750. The molecule has 0 saturated carbocycles. The minimum absolute atomic E-state index is 0.149. The third-order valence-electron chi connectivity index (χ3n) is 2.39. The van der Waals surface area contributed by atoms with E-state index in [-0.39, 0.29) is 11.8 Å². The molecule has 0 N–H and O–H groups in total. The summed E-state index contributed by atoms with van der Waals surface area (Å²) in [6.07, 6.45) is 8.04. The number of carboxylic acid groups (broad SMARTS) is 1. The summed E-state index contributed by atoms with van der Waals surface area (Å²) in [7, 11) is 0. The second kappa shape index (κ2) is 7.60. The Morgan fingerprint density at radius 2 is 2.00 bits per heavy atom. The first-order valence-electron chi connectivity index (χ1n) is 5.45. The maximum atomic E-state index is 10.7. The number of hydrogen-bond donors (Lipinski definition) is 0. The molecule has 0 aromatic heterocycles. The lowest BCUT2D eigenvalue weighted by Gasteiger charge is -2.19. The van der Waals surface area contributed by atoms with Crippen molar-refractivity contribution in [3.8, 4) is 0 Å². The minimum atomic E-state index is -0.930. The maximum absolute atomic E-state index is 10.7. The zero-order chi connectivity index (χ0) is 11.0. The Bertz CT molecular complexity index is 183. The van der Waals surface area contributed by atoms with Crippen molar-refractivity contribution in [1.82, 2.24) is 0 Å². The SMILES string of the molecule is CCCCC=CCC(C(=O)[O-])C(C)C. The standard InChI is InChI=1S/C12H22O2/c1-4-5-6-7-8-9-11(10(2)3)12(13)14/h7-8,10-11H,4-6,9H2,1-3H3,(H,13,14)/p-1. The third kappa shape index (κ3) is 5.79. The summed E-state index contributed by atoms with van der Waals surface area (Å²) in [5.41, 5.74) is 0. The molecule has 0 aromatic rings. The molecule has 14 heavy (non-hydrogen) atoms. The summed E-state index contributed by atoms with van der Waals surface area (Å²) in [6.45, 7) is 5.98. The monoisotopic (exact) mass is 197 g/mol. The van der Waals surface area contributed by atoms with Crippen LogP contribution in [0.25, 0.3) is 0 Å². The van der Waals surface area contributed by atoms with Gasteiger partial charge in [0.05, 0.1) is 0 Å². The molecule has 0 spiro atoms. The minimum Gasteiger partial charge on any atom is -0.550 e. The number of carboxylic acids is 1. The molecule has 1 unspecified atom stereocenters. The first-order valence-corrected chi connectivity index (χ1v) is 5.45. The smallest absolute Gasteiger partial charge is 0.0450 e. The second-order valence-electron chi connectivity index (χ2n) is 4.02. The number of rotatable bonds is 7. The van der Waals surface area contributed by atoms with Crippen LogP contribution in [0, 0.1) is 11.8 Å². The fourth-order valence-corrected chi connectivity index (χ4v) is 1.32. The lowest BCUT2D eigenvalue weighted by atomic mass is 9.92. The van der Waals surface area contributed by atoms with E-state index in [2.05, 4.69) is 13.0 Å². The van der Waals surface area contributed by atoms with Crippen molar-refractivity contribution in [2.24, 2.45) is 11.8 Å². The van der Waals surface area contributed by atoms with Gasteiger partial charge in [0.15, 0.2) is 0 Å². The van der Waals surface area contributed by atoms with Crippen molar-refractivity contribution >= 4 is 5.97 Å². The largest absolute Gasteiger partial charge is 0.550 e. The Morgan fingerprint density at radius 3 is 2.43 bits per heavy atom. The third-order valence-corrected chi connectivity index (χ3v) is 2.39. The van der Waals surface area contributed by atoms with Crippen molar-refractivity contribution < 1.29 is 9.90 Å². The number of carbonyl (C=O) groups excluding carboxylic acids is 1. The van der Waals surface area contributed by atoms with Crippen LogP contribution in [0.15, 0.2) is 12.2 Å². The van der Waals surface area contributed by atoms with Gasteiger partial charge in [0.1, 0.15) is 0 Å². The van der Waals surface area contributed by atoms with Crippen LogP contribution in [-0.2, 0) is 4.79 Å². The maximum Gasteiger partial charge on any atom is 0.0450 e. The lowest BCUT2D eigenvalue weighted by Crippen LogP contribution is -2.34. The number of aliphatic carboxylic acids is 1. The molecular formula is C12H21O2-. The summed E-state index contributed by atoms with van der Waals surface area (Å²) in [5, 5.41) is 10.7. The highest BCUT2D eigenvalue weighted by atomic mass is 16.4. The predicted octanol–water partition coefficient (Wildman–Crippen LogP) is 2.14. The number of allylic oxidation sites excluding steroid dienone is 2. The lowest BCUT2D eigenvalue weighted by molar-refractivity contribution is -0.312. The fourth-order valence-electron chi connectivity index (χ4n) is 1.32. The topological polar surface area (TPSA) is 40.1 Å². The number of carbonyl (C=O) groups is 1. The van der Waals surface area contributed by atoms with E-state index in [1.807, 2.05) is 19.9 Å². The van der Waals surface area contributed by atoms with Gasteiger partial charge in [-0.3, -0.25) is 0 Å². The van der Waals surface area contributed by atoms with Crippen LogP contribution in [-0.4, -0.2) is 5.97 Å². The quantitative estimate of drug-likeness (QED) is 0.463. The molecule has 0 amide bonds. The van der Waals surface area contributed by atoms with E-state index in [1.54, 1.807) is 0 Å². The van der Waals surface area contributed by atoms with E-state index < -0.39 is 5.97 Å². The molecule has 2 heteroatoms. The van der Waals surface area contributed by atoms with Gasteiger partial charge in [0.2, 0.25) is 0 Å². The molecule has 0 bridgehead atoms. The first kappa shape index (κ1) is 13.2. The molecule has 0 saturated heterocycles. The summed E-state index contributed by atoms with van der Waals surface area (Å²) < 4.78 is 0. The first-order chi connectivity index (χ1) is 6.59. The van der Waals surface area contributed by atoms with E-state index in [9.17, 15) is 9.90 Å². The summed E-state index contributed by atoms with van der Waals surface area (Å²) in [6, 6.07) is 0. The normalized spacial score (nSPS) is 13.7. The molecule has 0 fully saturated rings. The molecule has 0 rings (SSSR count). The van der Waals surface area contributed by atoms with Gasteiger partial charge in [-0.05, 0) is 18.8 Å². The van der Waals surface area contributed by atoms with E-state index in [0.717, 1.165) is 6.42 Å². The van der Waals surface area contributed by atoms with E-state index >= 15 is 0 Å². The highest BCUT2D eigenvalue weighted by molar-refractivity contribution is 5.68. The summed E-state index contributed by atoms with van der Waals surface area (Å²) in [4.78, 5) is 10.7.